The Kier molecular flexibility index (Phi) is 43.1. The fraction of sp³-hybridized carbons (Fsp3) is 0.800. The van der Waals surface area contributed by atoms with Gasteiger partial charge in [0.1, 0.15) is 30.5 Å². The molecule has 0 amide bonds. The topological polar surface area (TPSA) is 178 Å². The molecule has 0 radical (unpaired) electrons. The molecule has 68 heavy (non-hydrogen) atoms. The van der Waals surface area contributed by atoms with Crippen molar-refractivity contribution in [2.45, 2.75) is 256 Å². The summed E-state index contributed by atoms with van der Waals surface area (Å²) in [6.45, 7) is 3.87. The van der Waals surface area contributed by atoms with Gasteiger partial charge in [0, 0.05) is 13.0 Å². The number of unbranched alkanes of at least 4 members (excludes halogenated alkanes) is 24. The lowest BCUT2D eigenvalue weighted by atomic mass is 9.99. The first kappa shape index (κ1) is 63.8. The van der Waals surface area contributed by atoms with Crippen LogP contribution >= 0.6 is 0 Å². The van der Waals surface area contributed by atoms with Crippen LogP contribution in [-0.4, -0.2) is 97.5 Å². The maximum atomic E-state index is 12.9. The van der Waals surface area contributed by atoms with E-state index in [1.54, 1.807) is 0 Å². The number of hydrogen-bond acceptors (Lipinski definition) is 11. The number of rotatable bonds is 47. The van der Waals surface area contributed by atoms with Crippen LogP contribution in [0.25, 0.3) is 0 Å². The summed E-state index contributed by atoms with van der Waals surface area (Å²) >= 11 is 0. The van der Waals surface area contributed by atoms with Crippen LogP contribution in [-0.2, 0) is 38.3 Å². The molecule has 6 atom stereocenters. The molecule has 1 rings (SSSR count). The van der Waals surface area contributed by atoms with E-state index in [1.807, 2.05) is 0 Å². The molecular weight excluding hydrogens is 885 g/mol. The van der Waals surface area contributed by atoms with Gasteiger partial charge < -0.3 is 34.3 Å². The average Bonchev–Trinajstić information content (AvgIpc) is 3.31. The van der Waals surface area contributed by atoms with E-state index in [-0.39, 0.29) is 19.6 Å². The van der Waals surface area contributed by atoms with Crippen molar-refractivity contribution < 1.29 is 56.2 Å². The molecule has 0 spiro atoms. The number of aliphatic hydroxyl groups excluding tert-OH is 3. The number of carbonyl (C=O) groups is 1. The summed E-state index contributed by atoms with van der Waals surface area (Å²) in [4.78, 5) is 12.9. The zero-order chi connectivity index (χ0) is 49.6. The fourth-order valence-corrected chi connectivity index (χ4v) is 8.58. The molecule has 0 aromatic rings. The third kappa shape index (κ3) is 38.5. The zero-order valence-corrected chi connectivity index (χ0v) is 43.5. The number of aliphatic hydroxyl groups is 3. The van der Waals surface area contributed by atoms with Crippen molar-refractivity contribution in [1.29, 1.82) is 0 Å². The molecule has 1 aliphatic rings. The Morgan fingerprint density at radius 3 is 1.49 bits per heavy atom. The van der Waals surface area contributed by atoms with Gasteiger partial charge in [-0.05, 0) is 77.0 Å². The second kappa shape index (κ2) is 45.9. The Balaban J connectivity index is 2.33. The number of esters is 1. The van der Waals surface area contributed by atoms with Crippen LogP contribution in [0.1, 0.15) is 219 Å². The normalized spacial score (nSPS) is 19.8. The van der Waals surface area contributed by atoms with Crippen LogP contribution < -0.4 is 0 Å². The highest BCUT2D eigenvalue weighted by Gasteiger charge is 2.48. The van der Waals surface area contributed by atoms with Crippen molar-refractivity contribution in [1.82, 2.24) is 0 Å². The summed E-state index contributed by atoms with van der Waals surface area (Å²) in [6, 6.07) is 0. The van der Waals surface area contributed by atoms with Gasteiger partial charge in [-0.25, -0.2) is 4.18 Å². The minimum absolute atomic E-state index is 0.0286. The summed E-state index contributed by atoms with van der Waals surface area (Å²) in [5.41, 5.74) is 0. The molecule has 1 saturated heterocycles. The predicted molar refractivity (Wildman–Crippen MR) is 276 cm³/mol. The molecule has 4 N–H and O–H groups in total. The summed E-state index contributed by atoms with van der Waals surface area (Å²) in [5, 5.41) is 30.8. The first-order valence-electron chi connectivity index (χ1n) is 27.0. The van der Waals surface area contributed by atoms with Crippen LogP contribution in [0.2, 0.25) is 0 Å². The number of ether oxygens (including phenoxy) is 4. The molecule has 1 aliphatic heterocycles. The van der Waals surface area contributed by atoms with Crippen molar-refractivity contribution in [2.75, 3.05) is 26.4 Å². The van der Waals surface area contributed by atoms with E-state index < -0.39 is 59.8 Å². The maximum absolute atomic E-state index is 12.9. The second-order valence-corrected chi connectivity index (χ2v) is 19.5. The Morgan fingerprint density at radius 2 is 1.01 bits per heavy atom. The van der Waals surface area contributed by atoms with Crippen LogP contribution in [0.5, 0.6) is 0 Å². The van der Waals surface area contributed by atoms with E-state index >= 15 is 0 Å². The third-order valence-electron chi connectivity index (χ3n) is 12.1. The first-order chi connectivity index (χ1) is 33.1. The van der Waals surface area contributed by atoms with Gasteiger partial charge >= 0.3 is 16.4 Å². The lowest BCUT2D eigenvalue weighted by molar-refractivity contribution is -0.301. The smallest absolute Gasteiger partial charge is 0.397 e. The van der Waals surface area contributed by atoms with Crippen molar-refractivity contribution >= 4 is 16.4 Å². The summed E-state index contributed by atoms with van der Waals surface area (Å²) < 4.78 is 59.3. The predicted octanol–water partition coefficient (Wildman–Crippen LogP) is 12.9. The molecule has 1 heterocycles. The van der Waals surface area contributed by atoms with E-state index in [9.17, 15) is 33.1 Å². The van der Waals surface area contributed by atoms with Crippen LogP contribution in [0.4, 0.5) is 0 Å². The average molecular weight is 983 g/mol. The molecule has 1 fully saturated rings. The molecule has 0 aromatic carbocycles. The molecular formula is C55H98O12S. The zero-order valence-electron chi connectivity index (χ0n) is 42.7. The van der Waals surface area contributed by atoms with Crippen LogP contribution in [0.3, 0.4) is 0 Å². The molecule has 0 saturated carbocycles. The standard InChI is InChI=1S/C55H98O12S/c1-3-5-7-9-11-13-15-17-19-21-23-24-25-26-27-28-30-32-34-36-38-40-42-44-51(57)65-49(48-64-55-53(59)54(67-68(60,61)62)52(58)50(46-56)66-55)47-63-45-43-41-39-37-35-33-31-29-22-20-18-16-14-12-10-8-6-4-2/h6,8,12,14-15,17-18,20-21,23,49-50,52-56,58-59H,3-5,7,9-11,13,16,19,22,24-48H2,1-2H3,(H,60,61,62)/b8-6-,14-12-,17-15-,20-18-,23-21-. The Labute approximate surface area is 414 Å². The van der Waals surface area contributed by atoms with Crippen LogP contribution in [0.15, 0.2) is 60.8 Å². The molecule has 0 aliphatic carbocycles. The van der Waals surface area contributed by atoms with Gasteiger partial charge in [-0.15, -0.1) is 0 Å². The Hall–Kier alpha value is -2.20. The lowest BCUT2D eigenvalue weighted by Gasteiger charge is -2.41. The maximum Gasteiger partial charge on any atom is 0.397 e. The summed E-state index contributed by atoms with van der Waals surface area (Å²) in [6.07, 6.45) is 49.6. The molecule has 12 nitrogen and oxygen atoms in total. The van der Waals surface area contributed by atoms with Crippen molar-refractivity contribution in [3.05, 3.63) is 60.8 Å². The van der Waals surface area contributed by atoms with Crippen LogP contribution in [0, 0.1) is 0 Å². The molecule has 13 heteroatoms. The van der Waals surface area contributed by atoms with E-state index in [0.29, 0.717) is 13.0 Å². The van der Waals surface area contributed by atoms with Gasteiger partial charge in [-0.2, -0.15) is 8.42 Å². The largest absolute Gasteiger partial charge is 0.457 e. The third-order valence-corrected chi connectivity index (χ3v) is 12.6. The molecule has 0 aromatic heterocycles. The molecule has 0 bridgehead atoms. The van der Waals surface area contributed by atoms with Gasteiger partial charge in [-0.1, -0.05) is 197 Å². The van der Waals surface area contributed by atoms with E-state index in [0.717, 1.165) is 70.6 Å². The minimum Gasteiger partial charge on any atom is -0.457 e. The minimum atomic E-state index is -5.07. The van der Waals surface area contributed by atoms with E-state index in [1.165, 1.54) is 122 Å². The van der Waals surface area contributed by atoms with Gasteiger partial charge in [0.05, 0.1) is 19.8 Å². The fourth-order valence-electron chi connectivity index (χ4n) is 8.07. The van der Waals surface area contributed by atoms with Gasteiger partial charge in [0.25, 0.3) is 0 Å². The SMILES string of the molecule is CC/C=C\C/C=C\C/C=C\CCCCCCCCCCOCC(COC1OC(CO)C(O)C(OS(=O)(=O)O)C1O)OC(=O)CCCCCCCCCCCCC/C=C\C/C=C\CCCCCCC. The van der Waals surface area contributed by atoms with Gasteiger partial charge in [-0.3, -0.25) is 9.35 Å². The number of carbonyl (C=O) groups excluding carboxylic acids is 1. The summed E-state index contributed by atoms with van der Waals surface area (Å²) in [7, 11) is -5.07. The number of allylic oxidation sites excluding steroid dienone is 10. The van der Waals surface area contributed by atoms with E-state index in [2.05, 4.69) is 78.8 Å². The van der Waals surface area contributed by atoms with Gasteiger partial charge in [0.15, 0.2) is 6.29 Å². The Bertz CT molecular complexity index is 1410. The lowest BCUT2D eigenvalue weighted by Crippen LogP contribution is -2.60. The van der Waals surface area contributed by atoms with Crippen molar-refractivity contribution in [3.8, 4) is 0 Å². The van der Waals surface area contributed by atoms with Gasteiger partial charge in [0.2, 0.25) is 0 Å². The summed E-state index contributed by atoms with van der Waals surface area (Å²) in [5.74, 6) is -0.404. The Morgan fingerprint density at radius 1 is 0.574 bits per heavy atom. The molecule has 6 unspecified atom stereocenters. The highest BCUT2D eigenvalue weighted by Crippen LogP contribution is 2.26. The quantitative estimate of drug-likeness (QED) is 0.0197. The highest BCUT2D eigenvalue weighted by molar-refractivity contribution is 7.80. The highest BCUT2D eigenvalue weighted by atomic mass is 32.3. The molecule has 396 valence electrons. The van der Waals surface area contributed by atoms with Crippen molar-refractivity contribution in [2.24, 2.45) is 0 Å². The second-order valence-electron chi connectivity index (χ2n) is 18.4. The van der Waals surface area contributed by atoms with Crippen molar-refractivity contribution in [3.63, 3.8) is 0 Å². The number of hydrogen-bond donors (Lipinski definition) is 4. The monoisotopic (exact) mass is 983 g/mol. The van der Waals surface area contributed by atoms with E-state index in [4.69, 9.17) is 18.9 Å². The first-order valence-corrected chi connectivity index (χ1v) is 28.4.